The Balaban J connectivity index is 2.19. The van der Waals surface area contributed by atoms with Crippen molar-refractivity contribution in [3.63, 3.8) is 0 Å². The second-order valence-corrected chi connectivity index (χ2v) is 5.14. The first-order valence-corrected chi connectivity index (χ1v) is 6.49. The molecule has 22 heavy (non-hydrogen) atoms. The molecular formula is C13H15N5O4. The van der Waals surface area contributed by atoms with E-state index < -0.39 is 36.1 Å². The van der Waals surface area contributed by atoms with E-state index in [1.54, 1.807) is 0 Å². The van der Waals surface area contributed by atoms with Crippen LogP contribution < -0.4 is 17.0 Å². The molecular weight excluding hydrogens is 290 g/mol. The molecule has 0 amide bonds. The number of ether oxygens (including phenoxy) is 1. The Labute approximate surface area is 124 Å². The van der Waals surface area contributed by atoms with Crippen LogP contribution in [-0.4, -0.2) is 49.1 Å². The predicted molar refractivity (Wildman–Crippen MR) is 77.5 cm³/mol. The fourth-order valence-corrected chi connectivity index (χ4v) is 2.65. The highest BCUT2D eigenvalue weighted by atomic mass is 16.5. The Morgan fingerprint density at radius 1 is 1.64 bits per heavy atom. The number of hydrogen-bond acceptors (Lipinski definition) is 7. The van der Waals surface area contributed by atoms with Crippen LogP contribution >= 0.6 is 0 Å². The number of nitrogens with two attached hydrogens (primary N) is 2. The van der Waals surface area contributed by atoms with E-state index in [0.717, 1.165) is 0 Å². The molecule has 1 saturated heterocycles. The quantitative estimate of drug-likeness (QED) is 0.398. The molecule has 2 aromatic heterocycles. The first-order chi connectivity index (χ1) is 10.4. The molecule has 0 spiro atoms. The molecule has 3 rings (SSSR count). The van der Waals surface area contributed by atoms with Crippen LogP contribution in [0.5, 0.6) is 0 Å². The second-order valence-electron chi connectivity index (χ2n) is 5.14. The van der Waals surface area contributed by atoms with Crippen LogP contribution in [0, 0.1) is 12.3 Å². The maximum absolute atomic E-state index is 11.9. The highest BCUT2D eigenvalue weighted by Crippen LogP contribution is 2.37. The van der Waals surface area contributed by atoms with Gasteiger partial charge in [-0.25, -0.2) is 0 Å². The molecule has 1 aliphatic heterocycles. The summed E-state index contributed by atoms with van der Waals surface area (Å²) in [6.07, 6.45) is 3.75. The van der Waals surface area contributed by atoms with Crippen LogP contribution in [0.1, 0.15) is 6.23 Å². The van der Waals surface area contributed by atoms with Gasteiger partial charge in [-0.2, -0.15) is 4.98 Å². The van der Waals surface area contributed by atoms with Gasteiger partial charge in [-0.3, -0.25) is 9.78 Å². The molecule has 116 valence electrons. The number of aliphatic hydroxyl groups excluding tert-OH is 2. The number of nitrogens with one attached hydrogen (secondary N) is 1. The molecule has 1 fully saturated rings. The lowest BCUT2D eigenvalue weighted by molar-refractivity contribution is -0.0445. The van der Waals surface area contributed by atoms with Crippen LogP contribution in [-0.2, 0) is 4.74 Å². The number of nitrogens with zero attached hydrogens (tertiary/aromatic N) is 2. The van der Waals surface area contributed by atoms with Gasteiger partial charge >= 0.3 is 0 Å². The molecule has 0 radical (unpaired) electrons. The van der Waals surface area contributed by atoms with Gasteiger partial charge in [0.25, 0.3) is 5.56 Å². The molecule has 9 nitrogen and oxygen atoms in total. The number of anilines is 1. The van der Waals surface area contributed by atoms with E-state index in [1.165, 1.54) is 16.8 Å². The summed E-state index contributed by atoms with van der Waals surface area (Å²) in [5.41, 5.74) is 9.86. The van der Waals surface area contributed by atoms with Gasteiger partial charge < -0.3 is 31.0 Å². The number of hydrogen-bond donors (Lipinski definition) is 5. The predicted octanol–water partition coefficient (Wildman–Crippen LogP) is -2.11. The number of aromatic nitrogens is 3. The third-order valence-corrected chi connectivity index (χ3v) is 3.84. The normalized spacial score (nSPS) is 31.5. The largest absolute Gasteiger partial charge is 0.394 e. The van der Waals surface area contributed by atoms with Gasteiger partial charge in [0.15, 0.2) is 17.4 Å². The van der Waals surface area contributed by atoms with Crippen molar-refractivity contribution in [2.24, 2.45) is 5.73 Å². The Bertz CT molecular complexity index is 822. The molecule has 0 aliphatic carbocycles. The van der Waals surface area contributed by atoms with Crippen LogP contribution in [0.25, 0.3) is 11.0 Å². The third kappa shape index (κ3) is 1.83. The van der Waals surface area contributed by atoms with E-state index in [-0.39, 0.29) is 17.0 Å². The number of aliphatic hydroxyl groups is 2. The highest BCUT2D eigenvalue weighted by molar-refractivity contribution is 5.76. The number of rotatable bonds is 2. The lowest BCUT2D eigenvalue weighted by atomic mass is 9.92. The van der Waals surface area contributed by atoms with Gasteiger partial charge in [-0.15, -0.1) is 6.42 Å². The molecule has 3 heterocycles. The molecule has 0 saturated carbocycles. The number of fused-ring (bicyclic) bond motifs is 1. The average molecular weight is 305 g/mol. The number of aromatic amines is 1. The summed E-state index contributed by atoms with van der Waals surface area (Å²) in [5.74, 6) is 2.24. The molecule has 9 heteroatoms. The smallest absolute Gasteiger partial charge is 0.261 e. The minimum absolute atomic E-state index is 0.0713. The van der Waals surface area contributed by atoms with Gasteiger partial charge in [0.1, 0.15) is 12.2 Å². The minimum Gasteiger partial charge on any atom is -0.394 e. The van der Waals surface area contributed by atoms with Gasteiger partial charge in [-0.1, -0.05) is 5.92 Å². The lowest BCUT2D eigenvalue weighted by Gasteiger charge is -2.27. The third-order valence-electron chi connectivity index (χ3n) is 3.84. The Morgan fingerprint density at radius 2 is 2.36 bits per heavy atom. The van der Waals surface area contributed by atoms with Gasteiger partial charge in [0.05, 0.1) is 12.0 Å². The van der Waals surface area contributed by atoms with Crippen molar-refractivity contribution in [3.8, 4) is 12.3 Å². The molecule has 4 atom stereocenters. The van der Waals surface area contributed by atoms with Crippen molar-refractivity contribution >= 4 is 17.0 Å². The van der Waals surface area contributed by atoms with Crippen molar-refractivity contribution in [2.45, 2.75) is 24.0 Å². The maximum Gasteiger partial charge on any atom is 0.261 e. The molecule has 2 aromatic rings. The highest BCUT2D eigenvalue weighted by Gasteiger charge is 2.54. The van der Waals surface area contributed by atoms with Crippen molar-refractivity contribution in [1.82, 2.24) is 14.5 Å². The number of nitrogen functional groups attached to an aromatic ring is 1. The summed E-state index contributed by atoms with van der Waals surface area (Å²) in [4.78, 5) is 18.3. The zero-order chi connectivity index (χ0) is 16.1. The Hall–Kier alpha value is -2.38. The number of H-pyrrole nitrogens is 1. The fourth-order valence-electron chi connectivity index (χ4n) is 2.65. The first kappa shape index (κ1) is 14.6. The SMILES string of the molecule is C#CC1(N)[C@@H](O)[C@@H](CO)O[C@H]1n1ccc2c(=O)[nH]c(N)nc21. The first-order valence-electron chi connectivity index (χ1n) is 6.49. The molecule has 0 bridgehead atoms. The van der Waals surface area contributed by atoms with Gasteiger partial charge in [0.2, 0.25) is 5.95 Å². The molecule has 1 aliphatic rings. The zero-order valence-electron chi connectivity index (χ0n) is 11.4. The maximum atomic E-state index is 11.9. The minimum atomic E-state index is -1.58. The summed E-state index contributed by atoms with van der Waals surface area (Å²) < 4.78 is 6.99. The van der Waals surface area contributed by atoms with Crippen LogP contribution in [0.15, 0.2) is 17.1 Å². The topological polar surface area (TPSA) is 152 Å². The fraction of sp³-hybridized carbons (Fsp3) is 0.385. The van der Waals surface area contributed by atoms with Gasteiger partial charge in [-0.05, 0) is 6.07 Å². The zero-order valence-corrected chi connectivity index (χ0v) is 11.4. The Morgan fingerprint density at radius 3 is 3.00 bits per heavy atom. The van der Waals surface area contributed by atoms with E-state index in [1.807, 2.05) is 0 Å². The summed E-state index contributed by atoms with van der Waals surface area (Å²) >= 11 is 0. The molecule has 0 aromatic carbocycles. The number of terminal acetylenes is 1. The summed E-state index contributed by atoms with van der Waals surface area (Å²) in [6.45, 7) is -0.451. The summed E-state index contributed by atoms with van der Waals surface area (Å²) in [5, 5.41) is 19.7. The van der Waals surface area contributed by atoms with Crippen molar-refractivity contribution in [2.75, 3.05) is 12.3 Å². The van der Waals surface area contributed by atoms with Crippen molar-refractivity contribution in [1.29, 1.82) is 0 Å². The van der Waals surface area contributed by atoms with Crippen LogP contribution in [0.4, 0.5) is 5.95 Å². The lowest BCUT2D eigenvalue weighted by Crippen LogP contribution is -2.53. The average Bonchev–Trinajstić information content (AvgIpc) is 3.00. The van der Waals surface area contributed by atoms with E-state index in [0.29, 0.717) is 0 Å². The van der Waals surface area contributed by atoms with Crippen LogP contribution in [0.3, 0.4) is 0 Å². The van der Waals surface area contributed by atoms with E-state index >= 15 is 0 Å². The van der Waals surface area contributed by atoms with E-state index in [9.17, 15) is 15.0 Å². The van der Waals surface area contributed by atoms with E-state index in [4.69, 9.17) is 22.6 Å². The van der Waals surface area contributed by atoms with Crippen molar-refractivity contribution in [3.05, 3.63) is 22.6 Å². The van der Waals surface area contributed by atoms with E-state index in [2.05, 4.69) is 15.9 Å². The van der Waals surface area contributed by atoms with Crippen molar-refractivity contribution < 1.29 is 14.9 Å². The van der Waals surface area contributed by atoms with Gasteiger partial charge in [0, 0.05) is 6.20 Å². The molecule has 1 unspecified atom stereocenters. The molecule has 7 N–H and O–H groups in total. The monoisotopic (exact) mass is 305 g/mol. The second kappa shape index (κ2) is 4.82. The summed E-state index contributed by atoms with van der Waals surface area (Å²) in [6, 6.07) is 1.51. The summed E-state index contributed by atoms with van der Waals surface area (Å²) in [7, 11) is 0. The Kier molecular flexibility index (Phi) is 3.19. The standard InChI is InChI=1S/C13H15N5O4/c1-2-13(15)8(20)7(5-19)22-11(13)18-4-3-6-9(18)16-12(14)17-10(6)21/h1,3-4,7-8,11,19-20H,5,15H2,(H3,14,16,17,21)/t7-,8+,11-,13?/m1/s1. The van der Waals surface area contributed by atoms with Crippen LogP contribution in [0.2, 0.25) is 0 Å².